The molecule has 0 heteroatoms. The second kappa shape index (κ2) is 10.3. The van der Waals surface area contributed by atoms with Crippen LogP contribution in [0.2, 0.25) is 0 Å². The van der Waals surface area contributed by atoms with Crippen LogP contribution in [0.1, 0.15) is 36.1 Å². The Labute approximate surface area is 277 Å². The summed E-state index contributed by atoms with van der Waals surface area (Å²) in [6.07, 6.45) is 0. The highest BCUT2D eigenvalue weighted by molar-refractivity contribution is 6.25. The van der Waals surface area contributed by atoms with Crippen molar-refractivity contribution in [2.45, 2.75) is 33.1 Å². The molecule has 8 aromatic rings. The van der Waals surface area contributed by atoms with Gasteiger partial charge in [-0.15, -0.1) is 0 Å². The standard InChI is InChI=1S/C47H36/c1-29-16-5-6-18-31(29)43-30(2)17-15-26-39(43)44-34-21-9-11-23-36(34)45(37-24-12-10-22-35(37)44)40-28-42-46(33-20-8-7-19-32(33)40)38-25-13-14-27-41(38)47(42,3)4/h5-28H,1-4H3. The molecule has 0 spiro atoms. The van der Waals surface area contributed by atoms with E-state index in [2.05, 4.69) is 173 Å². The molecule has 0 heterocycles. The zero-order valence-corrected chi connectivity index (χ0v) is 27.4. The monoisotopic (exact) mass is 600 g/mol. The summed E-state index contributed by atoms with van der Waals surface area (Å²) in [6, 6.07) is 54.3. The smallest absolute Gasteiger partial charge is 0.0159 e. The van der Waals surface area contributed by atoms with Crippen molar-refractivity contribution in [2.24, 2.45) is 0 Å². The zero-order chi connectivity index (χ0) is 31.9. The number of aryl methyl sites for hydroxylation is 2. The summed E-state index contributed by atoms with van der Waals surface area (Å²) < 4.78 is 0. The quantitative estimate of drug-likeness (QED) is 0.177. The number of hydrogen-bond donors (Lipinski definition) is 0. The Balaban J connectivity index is 1.44. The van der Waals surface area contributed by atoms with Gasteiger partial charge in [0.15, 0.2) is 0 Å². The SMILES string of the molecule is Cc1ccccc1-c1c(C)cccc1-c1c2ccccc2c(-c2cc3c(c4ccccc24)-c2ccccc2C3(C)C)c2ccccc12. The lowest BCUT2D eigenvalue weighted by Crippen LogP contribution is -2.15. The van der Waals surface area contributed by atoms with E-state index >= 15 is 0 Å². The summed E-state index contributed by atoms with van der Waals surface area (Å²) in [5.74, 6) is 0. The van der Waals surface area contributed by atoms with Crippen LogP contribution in [0, 0.1) is 13.8 Å². The molecule has 8 aromatic carbocycles. The lowest BCUT2D eigenvalue weighted by Gasteiger charge is -2.25. The van der Waals surface area contributed by atoms with E-state index in [0.717, 1.165) is 0 Å². The Bertz CT molecular complexity index is 2500. The third kappa shape index (κ3) is 3.95. The van der Waals surface area contributed by atoms with Gasteiger partial charge in [0.1, 0.15) is 0 Å². The largest absolute Gasteiger partial charge is 0.0620 e. The summed E-state index contributed by atoms with van der Waals surface area (Å²) in [7, 11) is 0. The maximum Gasteiger partial charge on any atom is 0.0159 e. The lowest BCUT2D eigenvalue weighted by molar-refractivity contribution is 0.661. The van der Waals surface area contributed by atoms with Gasteiger partial charge < -0.3 is 0 Å². The summed E-state index contributed by atoms with van der Waals surface area (Å²) in [5, 5.41) is 7.78. The molecule has 0 unspecified atom stereocenters. The van der Waals surface area contributed by atoms with Gasteiger partial charge in [-0.2, -0.15) is 0 Å². The maximum absolute atomic E-state index is 2.52. The molecule has 0 aliphatic heterocycles. The van der Waals surface area contributed by atoms with Gasteiger partial charge in [-0.25, -0.2) is 0 Å². The van der Waals surface area contributed by atoms with Crippen LogP contribution < -0.4 is 0 Å². The molecule has 1 aliphatic rings. The van der Waals surface area contributed by atoms with E-state index in [-0.39, 0.29) is 5.41 Å². The molecule has 1 aliphatic carbocycles. The molecular weight excluding hydrogens is 565 g/mol. The summed E-state index contributed by atoms with van der Waals surface area (Å²) in [6.45, 7) is 9.25. The summed E-state index contributed by atoms with van der Waals surface area (Å²) >= 11 is 0. The molecule has 0 amide bonds. The second-order valence-electron chi connectivity index (χ2n) is 13.7. The normalized spacial score (nSPS) is 13.3. The van der Waals surface area contributed by atoms with Crippen LogP contribution in [0.15, 0.2) is 146 Å². The van der Waals surface area contributed by atoms with E-state index in [1.165, 1.54) is 99.1 Å². The van der Waals surface area contributed by atoms with Crippen LogP contribution >= 0.6 is 0 Å². The molecule has 9 rings (SSSR count). The van der Waals surface area contributed by atoms with Gasteiger partial charge in [0.2, 0.25) is 0 Å². The fourth-order valence-corrected chi connectivity index (χ4v) is 8.55. The average Bonchev–Trinajstić information content (AvgIpc) is 3.33. The molecule has 0 saturated carbocycles. The van der Waals surface area contributed by atoms with E-state index in [1.54, 1.807) is 0 Å². The van der Waals surface area contributed by atoms with E-state index in [4.69, 9.17) is 0 Å². The highest BCUT2D eigenvalue weighted by atomic mass is 14.4. The predicted octanol–water partition coefficient (Wildman–Crippen LogP) is 13.1. The summed E-state index contributed by atoms with van der Waals surface area (Å²) in [5.41, 5.74) is 15.9. The zero-order valence-electron chi connectivity index (χ0n) is 27.4. The topological polar surface area (TPSA) is 0 Å². The molecule has 0 aromatic heterocycles. The van der Waals surface area contributed by atoms with Gasteiger partial charge in [-0.3, -0.25) is 0 Å². The number of fused-ring (bicyclic) bond motifs is 7. The molecule has 224 valence electrons. The van der Waals surface area contributed by atoms with E-state index in [1.807, 2.05) is 0 Å². The molecule has 0 N–H and O–H groups in total. The van der Waals surface area contributed by atoms with E-state index < -0.39 is 0 Å². The van der Waals surface area contributed by atoms with Gasteiger partial charge in [-0.1, -0.05) is 153 Å². The van der Waals surface area contributed by atoms with E-state index in [0.29, 0.717) is 0 Å². The second-order valence-corrected chi connectivity index (χ2v) is 13.7. The van der Waals surface area contributed by atoms with Gasteiger partial charge in [0.05, 0.1) is 0 Å². The van der Waals surface area contributed by atoms with Gasteiger partial charge in [-0.05, 0) is 119 Å². The van der Waals surface area contributed by atoms with Crippen molar-refractivity contribution in [1.82, 2.24) is 0 Å². The Morgan fingerprint density at radius 3 is 1.38 bits per heavy atom. The average molecular weight is 601 g/mol. The molecule has 0 fully saturated rings. The van der Waals surface area contributed by atoms with Crippen molar-refractivity contribution in [3.63, 3.8) is 0 Å². The van der Waals surface area contributed by atoms with Gasteiger partial charge >= 0.3 is 0 Å². The molecule has 0 radical (unpaired) electrons. The first-order valence-corrected chi connectivity index (χ1v) is 16.7. The number of hydrogen-bond acceptors (Lipinski definition) is 0. The van der Waals surface area contributed by atoms with Crippen LogP contribution in [0.4, 0.5) is 0 Å². The Kier molecular flexibility index (Phi) is 6.08. The van der Waals surface area contributed by atoms with Crippen molar-refractivity contribution in [1.29, 1.82) is 0 Å². The molecule has 0 bridgehead atoms. The highest BCUT2D eigenvalue weighted by Crippen LogP contribution is 2.55. The Morgan fingerprint density at radius 1 is 0.319 bits per heavy atom. The molecule has 0 nitrogen and oxygen atoms in total. The third-order valence-electron chi connectivity index (χ3n) is 10.7. The highest BCUT2D eigenvalue weighted by Gasteiger charge is 2.37. The maximum atomic E-state index is 2.52. The van der Waals surface area contributed by atoms with E-state index in [9.17, 15) is 0 Å². The minimum atomic E-state index is -0.0970. The minimum Gasteiger partial charge on any atom is -0.0620 e. The molecular formula is C47H36. The third-order valence-corrected chi connectivity index (χ3v) is 10.7. The Morgan fingerprint density at radius 2 is 0.766 bits per heavy atom. The van der Waals surface area contributed by atoms with Gasteiger partial charge in [0.25, 0.3) is 0 Å². The fourth-order valence-electron chi connectivity index (χ4n) is 8.55. The lowest BCUT2D eigenvalue weighted by atomic mass is 9.78. The van der Waals surface area contributed by atoms with Crippen molar-refractivity contribution in [3.8, 4) is 44.5 Å². The Hall–Kier alpha value is -5.46. The van der Waals surface area contributed by atoms with Crippen LogP contribution in [0.25, 0.3) is 76.8 Å². The van der Waals surface area contributed by atoms with Crippen molar-refractivity contribution < 1.29 is 0 Å². The van der Waals surface area contributed by atoms with Crippen LogP contribution in [0.5, 0.6) is 0 Å². The summed E-state index contributed by atoms with van der Waals surface area (Å²) in [4.78, 5) is 0. The predicted molar refractivity (Wildman–Crippen MR) is 202 cm³/mol. The molecule has 0 saturated heterocycles. The van der Waals surface area contributed by atoms with Crippen LogP contribution in [0.3, 0.4) is 0 Å². The van der Waals surface area contributed by atoms with Gasteiger partial charge in [0, 0.05) is 5.41 Å². The van der Waals surface area contributed by atoms with Crippen molar-refractivity contribution >= 4 is 32.3 Å². The van der Waals surface area contributed by atoms with Crippen LogP contribution in [-0.4, -0.2) is 0 Å². The molecule has 47 heavy (non-hydrogen) atoms. The number of benzene rings is 8. The molecule has 0 atom stereocenters. The van der Waals surface area contributed by atoms with Crippen LogP contribution in [-0.2, 0) is 5.41 Å². The first-order valence-electron chi connectivity index (χ1n) is 16.7. The first-order chi connectivity index (χ1) is 22.9. The first kappa shape index (κ1) is 27.8. The fraction of sp³-hybridized carbons (Fsp3) is 0.106. The minimum absolute atomic E-state index is 0.0970. The van der Waals surface area contributed by atoms with Crippen molar-refractivity contribution in [2.75, 3.05) is 0 Å². The number of rotatable bonds is 3. The van der Waals surface area contributed by atoms with Crippen molar-refractivity contribution in [3.05, 3.63) is 168 Å².